The minimum atomic E-state index is -4.81. The van der Waals surface area contributed by atoms with Crippen LogP contribution in [0.3, 0.4) is 0 Å². The molecule has 21 heavy (non-hydrogen) atoms. The van der Waals surface area contributed by atoms with Crippen molar-refractivity contribution in [1.82, 2.24) is 15.5 Å². The lowest BCUT2D eigenvalue weighted by Crippen LogP contribution is -2.27. The second kappa shape index (κ2) is 5.55. The highest BCUT2D eigenvalue weighted by Gasteiger charge is 2.36. The summed E-state index contributed by atoms with van der Waals surface area (Å²) >= 11 is 0. The minimum absolute atomic E-state index is 0.102. The standard InChI is InChI=1S/C13H11F4N3O/c1-7-5-8(20-19-7)6-18-12(21)11-9(13(15,16)17)3-2-4-10(11)14/h2-5H,6H2,1H3,(H,18,21)(H,19,20). The highest BCUT2D eigenvalue weighted by Crippen LogP contribution is 2.32. The number of benzene rings is 1. The Morgan fingerprint density at radius 1 is 1.38 bits per heavy atom. The van der Waals surface area contributed by atoms with Crippen molar-refractivity contribution < 1.29 is 22.4 Å². The number of aryl methyl sites for hydroxylation is 1. The van der Waals surface area contributed by atoms with Gasteiger partial charge in [0.15, 0.2) is 0 Å². The van der Waals surface area contributed by atoms with E-state index in [2.05, 4.69) is 15.5 Å². The number of aromatic amines is 1. The molecule has 0 radical (unpaired) electrons. The quantitative estimate of drug-likeness (QED) is 0.857. The van der Waals surface area contributed by atoms with E-state index in [-0.39, 0.29) is 6.54 Å². The highest BCUT2D eigenvalue weighted by atomic mass is 19.4. The summed E-state index contributed by atoms with van der Waals surface area (Å²) < 4.78 is 52.0. The molecular weight excluding hydrogens is 290 g/mol. The van der Waals surface area contributed by atoms with Gasteiger partial charge in [0.1, 0.15) is 5.82 Å². The van der Waals surface area contributed by atoms with E-state index in [1.165, 1.54) is 0 Å². The van der Waals surface area contributed by atoms with Crippen LogP contribution >= 0.6 is 0 Å². The lowest BCUT2D eigenvalue weighted by Gasteiger charge is -2.13. The van der Waals surface area contributed by atoms with Crippen LogP contribution in [0.4, 0.5) is 17.6 Å². The van der Waals surface area contributed by atoms with Crippen LogP contribution in [0.2, 0.25) is 0 Å². The molecule has 4 nitrogen and oxygen atoms in total. The van der Waals surface area contributed by atoms with Crippen molar-refractivity contribution in [2.24, 2.45) is 0 Å². The largest absolute Gasteiger partial charge is 0.417 e. The van der Waals surface area contributed by atoms with Crippen molar-refractivity contribution in [3.05, 3.63) is 52.6 Å². The second-order valence-electron chi connectivity index (χ2n) is 4.39. The summed E-state index contributed by atoms with van der Waals surface area (Å²) in [6.07, 6.45) is -4.81. The molecule has 1 amide bonds. The summed E-state index contributed by atoms with van der Waals surface area (Å²) in [6.45, 7) is 1.63. The maximum absolute atomic E-state index is 13.6. The van der Waals surface area contributed by atoms with Gasteiger partial charge in [0.05, 0.1) is 23.4 Å². The Bertz CT molecular complexity index is 664. The van der Waals surface area contributed by atoms with E-state index < -0.39 is 29.0 Å². The van der Waals surface area contributed by atoms with Crippen molar-refractivity contribution in [2.75, 3.05) is 0 Å². The SMILES string of the molecule is Cc1cc(CNC(=O)c2c(F)cccc2C(F)(F)F)n[nH]1. The molecule has 0 bridgehead atoms. The van der Waals surface area contributed by atoms with E-state index in [0.717, 1.165) is 17.8 Å². The van der Waals surface area contributed by atoms with Crippen LogP contribution in [0.15, 0.2) is 24.3 Å². The molecule has 0 spiro atoms. The molecule has 0 saturated heterocycles. The van der Waals surface area contributed by atoms with E-state index in [4.69, 9.17) is 0 Å². The number of alkyl halides is 3. The van der Waals surface area contributed by atoms with Crippen molar-refractivity contribution in [3.63, 3.8) is 0 Å². The molecule has 2 N–H and O–H groups in total. The maximum atomic E-state index is 13.6. The molecule has 0 atom stereocenters. The van der Waals surface area contributed by atoms with Gasteiger partial charge in [-0.05, 0) is 25.1 Å². The molecule has 112 valence electrons. The first-order valence-electron chi connectivity index (χ1n) is 5.94. The summed E-state index contributed by atoms with van der Waals surface area (Å²) in [7, 11) is 0. The van der Waals surface area contributed by atoms with E-state index in [0.29, 0.717) is 11.8 Å². The predicted molar refractivity (Wildman–Crippen MR) is 65.9 cm³/mol. The monoisotopic (exact) mass is 301 g/mol. The van der Waals surface area contributed by atoms with E-state index in [9.17, 15) is 22.4 Å². The molecule has 0 fully saturated rings. The summed E-state index contributed by atoms with van der Waals surface area (Å²) in [5.41, 5.74) is -1.15. The number of aromatic nitrogens is 2. The summed E-state index contributed by atoms with van der Waals surface area (Å²) in [5.74, 6) is -2.36. The van der Waals surface area contributed by atoms with Crippen LogP contribution in [-0.4, -0.2) is 16.1 Å². The Balaban J connectivity index is 2.23. The van der Waals surface area contributed by atoms with E-state index >= 15 is 0 Å². The number of nitrogens with zero attached hydrogens (tertiary/aromatic N) is 1. The Hall–Kier alpha value is -2.38. The number of halogens is 4. The first-order valence-corrected chi connectivity index (χ1v) is 5.94. The zero-order chi connectivity index (χ0) is 15.6. The first kappa shape index (κ1) is 15.0. The van der Waals surface area contributed by atoms with Gasteiger partial charge in [-0.15, -0.1) is 0 Å². The number of carbonyl (C=O) groups excluding carboxylic acids is 1. The van der Waals surface area contributed by atoms with Gasteiger partial charge >= 0.3 is 6.18 Å². The van der Waals surface area contributed by atoms with Gasteiger partial charge in [-0.1, -0.05) is 6.07 Å². The minimum Gasteiger partial charge on any atom is -0.346 e. The summed E-state index contributed by atoms with van der Waals surface area (Å²) in [4.78, 5) is 11.8. The smallest absolute Gasteiger partial charge is 0.346 e. The lowest BCUT2D eigenvalue weighted by atomic mass is 10.1. The molecule has 1 aromatic carbocycles. The molecule has 1 heterocycles. The number of H-pyrrole nitrogens is 1. The van der Waals surface area contributed by atoms with E-state index in [1.807, 2.05) is 0 Å². The molecular formula is C13H11F4N3O. The molecule has 0 aliphatic carbocycles. The van der Waals surface area contributed by atoms with Crippen LogP contribution < -0.4 is 5.32 Å². The highest BCUT2D eigenvalue weighted by molar-refractivity contribution is 5.96. The normalized spacial score (nSPS) is 11.5. The van der Waals surface area contributed by atoms with Crippen LogP contribution in [0.5, 0.6) is 0 Å². The average Bonchev–Trinajstić information content (AvgIpc) is 2.80. The molecule has 0 saturated carbocycles. The molecule has 0 unspecified atom stereocenters. The van der Waals surface area contributed by atoms with Gasteiger partial charge in [0.2, 0.25) is 0 Å². The van der Waals surface area contributed by atoms with Crippen LogP contribution in [0.1, 0.15) is 27.3 Å². The number of hydrogen-bond acceptors (Lipinski definition) is 2. The molecule has 0 aliphatic rings. The third-order valence-corrected chi connectivity index (χ3v) is 2.74. The second-order valence-corrected chi connectivity index (χ2v) is 4.39. The number of amides is 1. The van der Waals surface area contributed by atoms with Gasteiger partial charge in [0, 0.05) is 5.69 Å². The Kier molecular flexibility index (Phi) is 3.97. The number of hydrogen-bond donors (Lipinski definition) is 2. The fourth-order valence-corrected chi connectivity index (χ4v) is 1.82. The van der Waals surface area contributed by atoms with Gasteiger partial charge in [-0.25, -0.2) is 4.39 Å². The predicted octanol–water partition coefficient (Wildman–Crippen LogP) is 2.81. The molecule has 1 aromatic heterocycles. The number of carbonyl (C=O) groups is 1. The fourth-order valence-electron chi connectivity index (χ4n) is 1.82. The molecule has 2 aromatic rings. The van der Waals surface area contributed by atoms with Crippen molar-refractivity contribution in [2.45, 2.75) is 19.6 Å². The third-order valence-electron chi connectivity index (χ3n) is 2.74. The summed E-state index contributed by atoms with van der Waals surface area (Å²) in [6, 6.07) is 4.00. The number of nitrogens with one attached hydrogen (secondary N) is 2. The third kappa shape index (κ3) is 3.39. The molecule has 0 aliphatic heterocycles. The number of rotatable bonds is 3. The maximum Gasteiger partial charge on any atom is 0.417 e. The summed E-state index contributed by atoms with van der Waals surface area (Å²) in [5, 5.41) is 8.66. The first-order chi connectivity index (χ1) is 9.79. The average molecular weight is 301 g/mol. The van der Waals surface area contributed by atoms with Crippen LogP contribution in [0.25, 0.3) is 0 Å². The Morgan fingerprint density at radius 2 is 2.10 bits per heavy atom. The molecule has 2 rings (SSSR count). The molecule has 8 heteroatoms. The Labute approximate surface area is 117 Å². The topological polar surface area (TPSA) is 57.8 Å². The van der Waals surface area contributed by atoms with Crippen molar-refractivity contribution in [1.29, 1.82) is 0 Å². The lowest BCUT2D eigenvalue weighted by molar-refractivity contribution is -0.138. The Morgan fingerprint density at radius 3 is 2.67 bits per heavy atom. The zero-order valence-corrected chi connectivity index (χ0v) is 10.9. The fraction of sp³-hybridized carbons (Fsp3) is 0.231. The van der Waals surface area contributed by atoms with Crippen LogP contribution in [-0.2, 0) is 12.7 Å². The van der Waals surface area contributed by atoms with Gasteiger partial charge in [0.25, 0.3) is 5.91 Å². The van der Waals surface area contributed by atoms with Gasteiger partial charge < -0.3 is 5.32 Å². The van der Waals surface area contributed by atoms with Crippen molar-refractivity contribution in [3.8, 4) is 0 Å². The van der Waals surface area contributed by atoms with Crippen molar-refractivity contribution >= 4 is 5.91 Å². The van der Waals surface area contributed by atoms with Gasteiger partial charge in [-0.2, -0.15) is 18.3 Å². The van der Waals surface area contributed by atoms with Crippen LogP contribution in [0, 0.1) is 12.7 Å². The van der Waals surface area contributed by atoms with E-state index in [1.54, 1.807) is 13.0 Å². The zero-order valence-electron chi connectivity index (χ0n) is 10.9. The van der Waals surface area contributed by atoms with Gasteiger partial charge in [-0.3, -0.25) is 9.89 Å².